The molecule has 0 radical (unpaired) electrons. The van der Waals surface area contributed by atoms with Crippen LogP contribution in [0.4, 0.5) is 5.95 Å². The lowest BCUT2D eigenvalue weighted by molar-refractivity contribution is 1.09. The first kappa shape index (κ1) is 8.89. The molecule has 0 unspecified atom stereocenters. The Bertz CT molecular complexity index is 564. The zero-order chi connectivity index (χ0) is 10.3. The van der Waals surface area contributed by atoms with E-state index in [0.717, 1.165) is 0 Å². The predicted octanol–water partition coefficient (Wildman–Crippen LogP) is 0.257. The second-order valence-electron chi connectivity index (χ2n) is 2.72. The van der Waals surface area contributed by atoms with Gasteiger partial charge >= 0.3 is 0 Å². The largest absolute Gasteiger partial charge is 0.369 e. The highest BCUT2D eigenvalue weighted by Gasteiger charge is 2.07. The van der Waals surface area contributed by atoms with Crippen LogP contribution < -0.4 is 11.3 Å². The Morgan fingerprint density at radius 1 is 1.36 bits per heavy atom. The number of nitrogens with one attached hydrogen (secondary N) is 1. The van der Waals surface area contributed by atoms with Gasteiger partial charge in [-0.3, -0.25) is 9.78 Å². The highest BCUT2D eigenvalue weighted by molar-refractivity contribution is 6.30. The van der Waals surface area contributed by atoms with E-state index in [2.05, 4.69) is 19.9 Å². The molecule has 6 nitrogen and oxygen atoms in total. The Labute approximate surface area is 83.2 Å². The van der Waals surface area contributed by atoms with Crippen LogP contribution in [-0.2, 0) is 0 Å². The number of nitrogens with zero attached hydrogens (tertiary/aromatic N) is 3. The molecule has 0 bridgehead atoms. The first-order chi connectivity index (χ1) is 6.58. The Morgan fingerprint density at radius 3 is 2.79 bits per heavy atom. The van der Waals surface area contributed by atoms with Gasteiger partial charge in [-0.25, -0.2) is 9.97 Å². The van der Waals surface area contributed by atoms with Crippen LogP contribution in [0, 0.1) is 6.92 Å². The Hall–Kier alpha value is -1.69. The molecule has 0 atom stereocenters. The molecule has 2 aromatic rings. The first-order valence-corrected chi connectivity index (χ1v) is 4.15. The van der Waals surface area contributed by atoms with Crippen LogP contribution in [0.1, 0.15) is 5.69 Å². The molecule has 0 amide bonds. The fourth-order valence-electron chi connectivity index (χ4n) is 1.04. The van der Waals surface area contributed by atoms with E-state index in [9.17, 15) is 4.79 Å². The van der Waals surface area contributed by atoms with Crippen LogP contribution in [0.25, 0.3) is 11.2 Å². The van der Waals surface area contributed by atoms with Gasteiger partial charge in [0.05, 0.1) is 5.69 Å². The average molecular weight is 212 g/mol. The third kappa shape index (κ3) is 1.29. The van der Waals surface area contributed by atoms with Crippen molar-refractivity contribution in [2.45, 2.75) is 6.92 Å². The summed E-state index contributed by atoms with van der Waals surface area (Å²) >= 11 is 5.73. The number of H-pyrrole nitrogens is 1. The molecule has 0 aliphatic carbocycles. The highest BCUT2D eigenvalue weighted by Crippen LogP contribution is 2.12. The summed E-state index contributed by atoms with van der Waals surface area (Å²) in [4.78, 5) is 25.3. The second kappa shape index (κ2) is 2.91. The van der Waals surface area contributed by atoms with Gasteiger partial charge in [-0.15, -0.1) is 0 Å². The number of aromatic nitrogens is 4. The minimum absolute atomic E-state index is 0.00304. The number of hydrogen-bond donors (Lipinski definition) is 2. The van der Waals surface area contributed by atoms with Gasteiger partial charge < -0.3 is 5.73 Å². The number of halogens is 1. The summed E-state index contributed by atoms with van der Waals surface area (Å²) in [5, 5.41) is 0.218. The lowest BCUT2D eigenvalue weighted by atomic mass is 10.4. The molecular weight excluding hydrogens is 206 g/mol. The van der Waals surface area contributed by atoms with Crippen LogP contribution in [0.2, 0.25) is 5.15 Å². The normalized spacial score (nSPS) is 10.7. The molecule has 0 fully saturated rings. The van der Waals surface area contributed by atoms with Crippen molar-refractivity contribution >= 4 is 28.7 Å². The number of rotatable bonds is 0. The Morgan fingerprint density at radius 2 is 2.07 bits per heavy atom. The molecule has 14 heavy (non-hydrogen) atoms. The van der Waals surface area contributed by atoms with Crippen molar-refractivity contribution in [3.05, 3.63) is 21.2 Å². The summed E-state index contributed by atoms with van der Waals surface area (Å²) in [6.45, 7) is 1.66. The van der Waals surface area contributed by atoms with Crippen molar-refractivity contribution in [2.75, 3.05) is 5.73 Å². The third-order valence-corrected chi connectivity index (χ3v) is 2.03. The summed E-state index contributed by atoms with van der Waals surface area (Å²) in [6, 6.07) is 0. The van der Waals surface area contributed by atoms with Gasteiger partial charge in [-0.05, 0) is 6.92 Å². The van der Waals surface area contributed by atoms with E-state index in [1.165, 1.54) is 0 Å². The molecule has 0 aliphatic heterocycles. The van der Waals surface area contributed by atoms with Crippen molar-refractivity contribution in [2.24, 2.45) is 0 Å². The van der Waals surface area contributed by atoms with E-state index >= 15 is 0 Å². The zero-order valence-corrected chi connectivity index (χ0v) is 7.96. The molecule has 7 heteroatoms. The maximum Gasteiger partial charge on any atom is 0.280 e. The standard InChI is InChI=1S/C7H6ClN5O/c1-2-4(8)11-5-3(10-2)6(14)13-7(9)12-5/h1H3,(H3,9,11,12,13,14). The topological polar surface area (TPSA) is 97.5 Å². The zero-order valence-electron chi connectivity index (χ0n) is 7.21. The molecule has 0 spiro atoms. The lowest BCUT2D eigenvalue weighted by Crippen LogP contribution is -2.14. The maximum absolute atomic E-state index is 11.3. The quantitative estimate of drug-likeness (QED) is 0.651. The minimum atomic E-state index is -0.417. The summed E-state index contributed by atoms with van der Waals surface area (Å²) in [7, 11) is 0. The van der Waals surface area contributed by atoms with Gasteiger partial charge in [0.1, 0.15) is 0 Å². The molecule has 0 aliphatic rings. The van der Waals surface area contributed by atoms with Gasteiger partial charge in [0.2, 0.25) is 5.95 Å². The van der Waals surface area contributed by atoms with E-state index in [4.69, 9.17) is 17.3 Å². The van der Waals surface area contributed by atoms with Crippen molar-refractivity contribution in [3.8, 4) is 0 Å². The fourth-order valence-corrected chi connectivity index (χ4v) is 1.16. The number of fused-ring (bicyclic) bond motifs is 1. The molecule has 3 N–H and O–H groups in total. The van der Waals surface area contributed by atoms with Crippen LogP contribution >= 0.6 is 11.6 Å². The SMILES string of the molecule is Cc1nc2c(=O)[nH]c(N)nc2nc1Cl. The Kier molecular flexibility index (Phi) is 1.85. The van der Waals surface area contributed by atoms with E-state index in [-0.39, 0.29) is 22.3 Å². The summed E-state index contributed by atoms with van der Waals surface area (Å²) in [5.74, 6) is -0.00304. The molecular formula is C7H6ClN5O. The summed E-state index contributed by atoms with van der Waals surface area (Å²) in [5.41, 5.74) is 5.70. The smallest absolute Gasteiger partial charge is 0.280 e. The van der Waals surface area contributed by atoms with Gasteiger partial charge in [0.25, 0.3) is 5.56 Å². The molecule has 0 saturated heterocycles. The van der Waals surface area contributed by atoms with Crippen LogP contribution in [0.3, 0.4) is 0 Å². The summed E-state index contributed by atoms with van der Waals surface area (Å²) in [6.07, 6.45) is 0. The van der Waals surface area contributed by atoms with E-state index < -0.39 is 5.56 Å². The number of nitrogen functional groups attached to an aromatic ring is 1. The highest BCUT2D eigenvalue weighted by atomic mass is 35.5. The number of nitrogens with two attached hydrogens (primary N) is 1. The number of aryl methyl sites for hydroxylation is 1. The molecule has 0 aromatic carbocycles. The number of hydrogen-bond acceptors (Lipinski definition) is 5. The molecule has 72 valence electrons. The average Bonchev–Trinajstić information content (AvgIpc) is 2.08. The monoisotopic (exact) mass is 211 g/mol. The predicted molar refractivity (Wildman–Crippen MR) is 52.1 cm³/mol. The summed E-state index contributed by atoms with van der Waals surface area (Å²) < 4.78 is 0. The molecule has 2 rings (SSSR count). The number of anilines is 1. The van der Waals surface area contributed by atoms with Gasteiger partial charge in [0, 0.05) is 0 Å². The van der Waals surface area contributed by atoms with Crippen molar-refractivity contribution < 1.29 is 0 Å². The van der Waals surface area contributed by atoms with Crippen LogP contribution in [0.5, 0.6) is 0 Å². The van der Waals surface area contributed by atoms with Gasteiger partial charge in [0.15, 0.2) is 16.3 Å². The number of aromatic amines is 1. The maximum atomic E-state index is 11.3. The minimum Gasteiger partial charge on any atom is -0.369 e. The van der Waals surface area contributed by atoms with Crippen LogP contribution in [-0.4, -0.2) is 19.9 Å². The first-order valence-electron chi connectivity index (χ1n) is 3.77. The van der Waals surface area contributed by atoms with Gasteiger partial charge in [-0.2, -0.15) is 4.98 Å². The van der Waals surface area contributed by atoms with Crippen molar-refractivity contribution in [1.29, 1.82) is 0 Å². The lowest BCUT2D eigenvalue weighted by Gasteiger charge is -1.99. The molecule has 2 heterocycles. The van der Waals surface area contributed by atoms with E-state index in [0.29, 0.717) is 5.69 Å². The van der Waals surface area contributed by atoms with Gasteiger partial charge in [-0.1, -0.05) is 11.6 Å². The van der Waals surface area contributed by atoms with Crippen molar-refractivity contribution in [3.63, 3.8) is 0 Å². The fraction of sp³-hybridized carbons (Fsp3) is 0.143. The van der Waals surface area contributed by atoms with E-state index in [1.807, 2.05) is 0 Å². The van der Waals surface area contributed by atoms with Crippen molar-refractivity contribution in [1.82, 2.24) is 19.9 Å². The Balaban J connectivity index is 2.96. The molecule has 2 aromatic heterocycles. The third-order valence-electron chi connectivity index (χ3n) is 1.68. The van der Waals surface area contributed by atoms with Crippen LogP contribution in [0.15, 0.2) is 4.79 Å². The van der Waals surface area contributed by atoms with E-state index in [1.54, 1.807) is 6.92 Å². The second-order valence-corrected chi connectivity index (χ2v) is 3.08. The molecule has 0 saturated carbocycles.